The predicted molar refractivity (Wildman–Crippen MR) is 113 cm³/mol. The molecule has 0 saturated carbocycles. The third kappa shape index (κ3) is 2.93. The lowest BCUT2D eigenvalue weighted by Crippen LogP contribution is -2.45. The van der Waals surface area contributed by atoms with Crippen LogP contribution in [0, 0.1) is 5.41 Å². The van der Waals surface area contributed by atoms with E-state index in [1.54, 1.807) is 6.20 Å². The number of hydrogen-bond donors (Lipinski definition) is 3. The molecule has 4 N–H and O–H groups in total. The third-order valence-corrected chi connectivity index (χ3v) is 6.16. The molecule has 1 fully saturated rings. The largest absolute Gasteiger partial charge is 0.383 e. The molecule has 0 radical (unpaired) electrons. The number of likely N-dealkylation sites (tertiary alicyclic amines) is 1. The van der Waals surface area contributed by atoms with Crippen LogP contribution in [0.25, 0.3) is 10.9 Å². The maximum Gasteiger partial charge on any atom is 0.320 e. The van der Waals surface area contributed by atoms with Crippen molar-refractivity contribution in [2.45, 2.75) is 31.8 Å². The Kier molecular flexibility index (Phi) is 4.23. The number of aromatic nitrogens is 2. The van der Waals surface area contributed by atoms with Gasteiger partial charge in [0.2, 0.25) is 0 Å². The zero-order chi connectivity index (χ0) is 20.0. The number of nitrogens with one attached hydrogen (secondary N) is 2. The van der Waals surface area contributed by atoms with E-state index in [2.05, 4.69) is 28.2 Å². The van der Waals surface area contributed by atoms with Gasteiger partial charge in [-0.3, -0.25) is 0 Å². The van der Waals surface area contributed by atoms with Gasteiger partial charge in [-0.1, -0.05) is 18.2 Å². The van der Waals surface area contributed by atoms with Gasteiger partial charge in [-0.05, 0) is 47.9 Å². The Morgan fingerprint density at radius 2 is 2.17 bits per heavy atom. The Hall–Kier alpha value is -3.35. The summed E-state index contributed by atoms with van der Waals surface area (Å²) in [6, 6.07) is 10.5. The highest BCUT2D eigenvalue weighted by atomic mass is 16.2. The molecule has 7 nitrogen and oxygen atoms in total. The molecular formula is C22H24N6O. The van der Waals surface area contributed by atoms with Gasteiger partial charge in [-0.2, -0.15) is 0 Å². The summed E-state index contributed by atoms with van der Waals surface area (Å²) in [7, 11) is 0. The van der Waals surface area contributed by atoms with E-state index >= 15 is 0 Å². The molecule has 0 aliphatic carbocycles. The van der Waals surface area contributed by atoms with E-state index in [9.17, 15) is 4.79 Å². The Balaban J connectivity index is 1.39. The van der Waals surface area contributed by atoms with Crippen LogP contribution in [0.2, 0.25) is 0 Å². The standard InChI is InChI=1S/C22H24N6O/c23-11-17-16-7-9-27(13-15(16)12-25-21(17)24)22(29)28-8-3-6-20(28)19-10-14-4-1-2-5-18(14)26-19/h1-2,4-5,10-12,20,23,26H,3,6-9,13H2,(H2,24,25). The number of carbonyl (C=O) groups excluding carboxylic acids is 1. The average molecular weight is 388 g/mol. The summed E-state index contributed by atoms with van der Waals surface area (Å²) >= 11 is 0. The Morgan fingerprint density at radius 3 is 3.00 bits per heavy atom. The fourth-order valence-electron chi connectivity index (χ4n) is 4.69. The van der Waals surface area contributed by atoms with Gasteiger partial charge in [-0.25, -0.2) is 9.78 Å². The number of H-pyrrole nitrogens is 1. The SMILES string of the molecule is N=Cc1c(N)ncc2c1CCN(C(=O)N1CCCC1c1cc3ccccc3[nH]1)C2. The molecule has 0 bridgehead atoms. The second kappa shape index (κ2) is 6.92. The maximum absolute atomic E-state index is 13.4. The number of nitrogen functional groups attached to an aromatic ring is 1. The van der Waals surface area contributed by atoms with E-state index in [1.165, 1.54) is 11.6 Å². The Labute approximate surface area is 169 Å². The number of carbonyl (C=O) groups is 1. The first-order chi connectivity index (χ1) is 14.2. The van der Waals surface area contributed by atoms with Crippen LogP contribution in [0.15, 0.2) is 36.5 Å². The molecule has 2 aliphatic heterocycles. The molecule has 1 atom stereocenters. The number of rotatable bonds is 2. The first-order valence-corrected chi connectivity index (χ1v) is 10.1. The second-order valence-electron chi connectivity index (χ2n) is 7.82. The number of nitrogens with two attached hydrogens (primary N) is 1. The summed E-state index contributed by atoms with van der Waals surface area (Å²) < 4.78 is 0. The number of benzene rings is 1. The number of hydrogen-bond acceptors (Lipinski definition) is 4. The number of aromatic amines is 1. The van der Waals surface area contributed by atoms with E-state index in [4.69, 9.17) is 11.1 Å². The summed E-state index contributed by atoms with van der Waals surface area (Å²) in [5.74, 6) is 0.386. The van der Waals surface area contributed by atoms with Crippen LogP contribution < -0.4 is 5.73 Å². The molecular weight excluding hydrogens is 364 g/mol. The molecule has 0 spiro atoms. The normalized spacial score (nSPS) is 18.8. The fourth-order valence-corrected chi connectivity index (χ4v) is 4.69. The van der Waals surface area contributed by atoms with Crippen molar-refractivity contribution in [3.63, 3.8) is 0 Å². The first-order valence-electron chi connectivity index (χ1n) is 10.1. The number of amides is 2. The van der Waals surface area contributed by atoms with Gasteiger partial charge in [0, 0.05) is 48.8 Å². The summed E-state index contributed by atoms with van der Waals surface area (Å²) in [6.45, 7) is 1.91. The molecule has 1 saturated heterocycles. The summed E-state index contributed by atoms with van der Waals surface area (Å²) in [6.07, 6.45) is 5.69. The molecule has 2 amide bonds. The first kappa shape index (κ1) is 17.7. The molecule has 148 valence electrons. The second-order valence-corrected chi connectivity index (χ2v) is 7.82. The van der Waals surface area contributed by atoms with E-state index in [0.29, 0.717) is 30.9 Å². The lowest BCUT2D eigenvalue weighted by molar-refractivity contribution is 0.142. The quantitative estimate of drug-likeness (QED) is 0.586. The van der Waals surface area contributed by atoms with Gasteiger partial charge in [0.1, 0.15) is 5.82 Å². The predicted octanol–water partition coefficient (Wildman–Crippen LogP) is 3.46. The van der Waals surface area contributed by atoms with Gasteiger partial charge >= 0.3 is 6.03 Å². The molecule has 1 unspecified atom stereocenters. The molecule has 29 heavy (non-hydrogen) atoms. The van der Waals surface area contributed by atoms with E-state index in [0.717, 1.165) is 41.7 Å². The van der Waals surface area contributed by atoms with Crippen LogP contribution >= 0.6 is 0 Å². The van der Waals surface area contributed by atoms with Gasteiger partial charge in [-0.15, -0.1) is 0 Å². The average Bonchev–Trinajstić information content (AvgIpc) is 3.39. The summed E-state index contributed by atoms with van der Waals surface area (Å²) in [5, 5.41) is 8.80. The van der Waals surface area contributed by atoms with Gasteiger partial charge < -0.3 is 25.9 Å². The van der Waals surface area contributed by atoms with Crippen molar-refractivity contribution in [1.82, 2.24) is 19.8 Å². The number of anilines is 1. The van der Waals surface area contributed by atoms with E-state index < -0.39 is 0 Å². The third-order valence-electron chi connectivity index (χ3n) is 6.16. The van der Waals surface area contributed by atoms with Crippen LogP contribution in [-0.4, -0.2) is 45.1 Å². The molecule has 3 aromatic rings. The Morgan fingerprint density at radius 1 is 1.31 bits per heavy atom. The van der Waals surface area contributed by atoms with Crippen molar-refractivity contribution in [2.75, 3.05) is 18.8 Å². The van der Waals surface area contributed by atoms with Gasteiger partial charge in [0.05, 0.1) is 6.04 Å². The zero-order valence-corrected chi connectivity index (χ0v) is 16.2. The molecule has 7 heteroatoms. The molecule has 4 heterocycles. The summed E-state index contributed by atoms with van der Waals surface area (Å²) in [4.78, 5) is 25.0. The molecule has 2 aliphatic rings. The Bertz CT molecular complexity index is 1070. The lowest BCUT2D eigenvalue weighted by atomic mass is 9.97. The van der Waals surface area contributed by atoms with Gasteiger partial charge in [0.15, 0.2) is 0 Å². The van der Waals surface area contributed by atoms with Crippen LogP contribution in [0.1, 0.15) is 41.3 Å². The van der Waals surface area contributed by atoms with Crippen molar-refractivity contribution >= 4 is 29.0 Å². The highest BCUT2D eigenvalue weighted by Crippen LogP contribution is 2.35. The van der Waals surface area contributed by atoms with Crippen molar-refractivity contribution in [2.24, 2.45) is 0 Å². The highest BCUT2D eigenvalue weighted by Gasteiger charge is 2.35. The van der Waals surface area contributed by atoms with E-state index in [1.807, 2.05) is 21.9 Å². The number of fused-ring (bicyclic) bond motifs is 2. The van der Waals surface area contributed by atoms with Crippen LogP contribution in [-0.2, 0) is 13.0 Å². The molecule has 1 aromatic carbocycles. The number of para-hydroxylation sites is 1. The van der Waals surface area contributed by atoms with Crippen molar-refractivity contribution < 1.29 is 4.79 Å². The van der Waals surface area contributed by atoms with Crippen LogP contribution in [0.4, 0.5) is 10.6 Å². The number of urea groups is 1. The minimum Gasteiger partial charge on any atom is -0.383 e. The van der Waals surface area contributed by atoms with Crippen molar-refractivity contribution in [1.29, 1.82) is 5.41 Å². The minimum absolute atomic E-state index is 0.0741. The van der Waals surface area contributed by atoms with Crippen molar-refractivity contribution in [3.05, 3.63) is 58.9 Å². The number of pyridine rings is 1. The zero-order valence-electron chi connectivity index (χ0n) is 16.2. The fraction of sp³-hybridized carbons (Fsp3) is 0.318. The van der Waals surface area contributed by atoms with Crippen molar-refractivity contribution in [3.8, 4) is 0 Å². The monoisotopic (exact) mass is 388 g/mol. The van der Waals surface area contributed by atoms with E-state index in [-0.39, 0.29) is 12.1 Å². The molecule has 5 rings (SSSR count). The highest BCUT2D eigenvalue weighted by molar-refractivity contribution is 5.86. The lowest BCUT2D eigenvalue weighted by Gasteiger charge is -2.35. The minimum atomic E-state index is 0.0741. The number of nitrogens with zero attached hydrogens (tertiary/aromatic N) is 3. The van der Waals surface area contributed by atoms with Gasteiger partial charge in [0.25, 0.3) is 0 Å². The topological polar surface area (TPSA) is 102 Å². The maximum atomic E-state index is 13.4. The summed E-state index contributed by atoms with van der Waals surface area (Å²) in [5.41, 5.74) is 10.8. The smallest absolute Gasteiger partial charge is 0.320 e. The molecule has 2 aromatic heterocycles. The van der Waals surface area contributed by atoms with Crippen LogP contribution in [0.5, 0.6) is 0 Å². The van der Waals surface area contributed by atoms with Crippen LogP contribution in [0.3, 0.4) is 0 Å².